The average molecular weight is 299 g/mol. The zero-order chi connectivity index (χ0) is 14.7. The number of ketones is 1. The molecule has 1 saturated carbocycles. The van der Waals surface area contributed by atoms with Gasteiger partial charge in [0.25, 0.3) is 0 Å². The van der Waals surface area contributed by atoms with E-state index in [2.05, 4.69) is 5.10 Å². The highest BCUT2D eigenvalue weighted by atomic mass is 35.5. The molecule has 1 atom stereocenters. The molecule has 0 aliphatic heterocycles. The first-order valence-electron chi connectivity index (χ1n) is 7.45. The van der Waals surface area contributed by atoms with Crippen LogP contribution in [0.4, 0.5) is 0 Å². The van der Waals surface area contributed by atoms with Crippen LogP contribution in [-0.2, 0) is 24.7 Å². The minimum atomic E-state index is -0.855. The first kappa shape index (κ1) is 15.5. The molecule has 4 nitrogen and oxygen atoms in total. The molecule has 1 unspecified atom stereocenters. The van der Waals surface area contributed by atoms with E-state index in [1.54, 1.807) is 11.7 Å². The fourth-order valence-corrected chi connectivity index (χ4v) is 3.35. The maximum absolute atomic E-state index is 12.3. The van der Waals surface area contributed by atoms with Crippen LogP contribution in [0.25, 0.3) is 0 Å². The molecule has 5 heteroatoms. The number of Topliss-reactive ketones (excluding diaryl/α,β-unsaturated/α-hetero) is 1. The molecule has 0 saturated heterocycles. The number of carbonyl (C=O) groups excluding carboxylic acids is 1. The molecule has 0 amide bonds. The van der Waals surface area contributed by atoms with E-state index in [1.807, 2.05) is 6.92 Å². The highest BCUT2D eigenvalue weighted by molar-refractivity contribution is 6.32. The van der Waals surface area contributed by atoms with E-state index in [0.717, 1.165) is 37.8 Å². The summed E-state index contributed by atoms with van der Waals surface area (Å²) in [5.41, 5.74) is 1.52. The van der Waals surface area contributed by atoms with Crippen LogP contribution >= 0.6 is 11.6 Å². The molecule has 1 aromatic heterocycles. The Labute approximate surface area is 125 Å². The SMILES string of the molecule is CCc1nn(C)c(CC(=O)C(O)C2CCCCC2)c1Cl. The van der Waals surface area contributed by atoms with Crippen molar-refractivity contribution in [2.45, 2.75) is 58.0 Å². The van der Waals surface area contributed by atoms with E-state index in [0.29, 0.717) is 10.7 Å². The fraction of sp³-hybridized carbons (Fsp3) is 0.733. The van der Waals surface area contributed by atoms with Gasteiger partial charge < -0.3 is 5.11 Å². The number of halogens is 1. The Bertz CT molecular complexity index is 478. The molecule has 1 aliphatic carbocycles. The van der Waals surface area contributed by atoms with Gasteiger partial charge in [-0.05, 0) is 25.2 Å². The van der Waals surface area contributed by atoms with E-state index in [9.17, 15) is 9.90 Å². The Kier molecular flexibility index (Phi) is 5.22. The summed E-state index contributed by atoms with van der Waals surface area (Å²) in [6.45, 7) is 1.98. The second-order valence-corrected chi connectivity index (χ2v) is 6.05. The van der Waals surface area contributed by atoms with E-state index in [1.165, 1.54) is 6.42 Å². The molecule has 1 N–H and O–H groups in total. The number of aliphatic hydroxyl groups is 1. The highest BCUT2D eigenvalue weighted by Crippen LogP contribution is 2.28. The van der Waals surface area contributed by atoms with Crippen molar-refractivity contribution in [3.05, 3.63) is 16.4 Å². The predicted molar refractivity (Wildman–Crippen MR) is 78.9 cm³/mol. The monoisotopic (exact) mass is 298 g/mol. The maximum Gasteiger partial charge on any atom is 0.167 e. The summed E-state index contributed by atoms with van der Waals surface area (Å²) < 4.78 is 1.66. The Morgan fingerprint density at radius 1 is 1.45 bits per heavy atom. The van der Waals surface area contributed by atoms with E-state index >= 15 is 0 Å². The van der Waals surface area contributed by atoms with Gasteiger partial charge in [0.05, 0.1) is 22.8 Å². The van der Waals surface area contributed by atoms with Crippen LogP contribution in [0.3, 0.4) is 0 Å². The van der Waals surface area contributed by atoms with E-state index in [4.69, 9.17) is 11.6 Å². The van der Waals surface area contributed by atoms with Gasteiger partial charge in [-0.2, -0.15) is 5.10 Å². The minimum absolute atomic E-state index is 0.119. The molecule has 1 fully saturated rings. The van der Waals surface area contributed by atoms with Gasteiger partial charge in [0.2, 0.25) is 0 Å². The summed E-state index contributed by atoms with van der Waals surface area (Å²) in [4.78, 5) is 12.3. The molecule has 2 rings (SSSR count). The lowest BCUT2D eigenvalue weighted by Gasteiger charge is -2.25. The largest absolute Gasteiger partial charge is 0.385 e. The third-order valence-corrected chi connectivity index (χ3v) is 4.71. The summed E-state index contributed by atoms with van der Waals surface area (Å²) in [5.74, 6) is -0.0154. The zero-order valence-corrected chi connectivity index (χ0v) is 13.0. The van der Waals surface area contributed by atoms with Gasteiger partial charge in [0, 0.05) is 7.05 Å². The molecule has 112 valence electrons. The van der Waals surface area contributed by atoms with Crippen molar-refractivity contribution in [1.29, 1.82) is 0 Å². The number of rotatable bonds is 5. The number of aromatic nitrogens is 2. The molecule has 20 heavy (non-hydrogen) atoms. The number of hydrogen-bond acceptors (Lipinski definition) is 3. The van der Waals surface area contributed by atoms with Crippen molar-refractivity contribution in [1.82, 2.24) is 9.78 Å². The smallest absolute Gasteiger partial charge is 0.167 e. The zero-order valence-electron chi connectivity index (χ0n) is 12.2. The van der Waals surface area contributed by atoms with Gasteiger partial charge >= 0.3 is 0 Å². The van der Waals surface area contributed by atoms with Crippen molar-refractivity contribution in [2.75, 3.05) is 0 Å². The summed E-state index contributed by atoms with van der Waals surface area (Å²) >= 11 is 6.25. The number of carbonyl (C=O) groups is 1. The van der Waals surface area contributed by atoms with Crippen LogP contribution in [0.2, 0.25) is 5.02 Å². The van der Waals surface area contributed by atoms with E-state index in [-0.39, 0.29) is 18.1 Å². The number of aryl methyl sites for hydroxylation is 2. The minimum Gasteiger partial charge on any atom is -0.385 e. The lowest BCUT2D eigenvalue weighted by Crippen LogP contribution is -2.32. The van der Waals surface area contributed by atoms with Gasteiger partial charge in [-0.25, -0.2) is 0 Å². The summed E-state index contributed by atoms with van der Waals surface area (Å²) in [6.07, 6.45) is 5.39. The maximum atomic E-state index is 12.3. The van der Waals surface area contributed by atoms with Crippen LogP contribution in [0.5, 0.6) is 0 Å². The van der Waals surface area contributed by atoms with Gasteiger partial charge in [-0.1, -0.05) is 37.8 Å². The van der Waals surface area contributed by atoms with Crippen LogP contribution in [-0.4, -0.2) is 26.8 Å². The summed E-state index contributed by atoms with van der Waals surface area (Å²) in [5, 5.41) is 15.1. The number of aliphatic hydroxyl groups excluding tert-OH is 1. The van der Waals surface area contributed by atoms with Crippen molar-refractivity contribution in [2.24, 2.45) is 13.0 Å². The van der Waals surface area contributed by atoms with Crippen LogP contribution in [0, 0.1) is 5.92 Å². The Morgan fingerprint density at radius 3 is 2.65 bits per heavy atom. The molecule has 1 heterocycles. The molecule has 0 radical (unpaired) electrons. The van der Waals surface area contributed by atoms with Gasteiger partial charge in [0.15, 0.2) is 5.78 Å². The Morgan fingerprint density at radius 2 is 2.10 bits per heavy atom. The molecule has 0 spiro atoms. The van der Waals surface area contributed by atoms with Crippen molar-refractivity contribution >= 4 is 17.4 Å². The molecular formula is C15H23ClN2O2. The molecular weight excluding hydrogens is 276 g/mol. The molecule has 1 aliphatic rings. The van der Waals surface area contributed by atoms with Crippen molar-refractivity contribution < 1.29 is 9.90 Å². The standard InChI is InChI=1S/C15H23ClN2O2/c1-3-11-14(16)12(18(2)17-11)9-13(19)15(20)10-7-5-4-6-8-10/h10,15,20H,3-9H2,1-2H3. The lowest BCUT2D eigenvalue weighted by atomic mass is 9.83. The quantitative estimate of drug-likeness (QED) is 0.909. The van der Waals surface area contributed by atoms with Gasteiger partial charge in [-0.15, -0.1) is 0 Å². The second-order valence-electron chi connectivity index (χ2n) is 5.67. The number of hydrogen-bond donors (Lipinski definition) is 1. The number of nitrogens with zero attached hydrogens (tertiary/aromatic N) is 2. The Balaban J connectivity index is 2.05. The van der Waals surface area contributed by atoms with Crippen LogP contribution in [0.15, 0.2) is 0 Å². The lowest BCUT2D eigenvalue weighted by molar-refractivity contribution is -0.129. The highest BCUT2D eigenvalue weighted by Gasteiger charge is 2.28. The van der Waals surface area contributed by atoms with Crippen LogP contribution in [0.1, 0.15) is 50.4 Å². The fourth-order valence-electron chi connectivity index (χ4n) is 2.99. The average Bonchev–Trinajstić information content (AvgIpc) is 2.74. The Hall–Kier alpha value is -0.870. The molecule has 0 aromatic carbocycles. The van der Waals surface area contributed by atoms with Gasteiger partial charge in [-0.3, -0.25) is 9.48 Å². The predicted octanol–water partition coefficient (Wildman–Crippen LogP) is 2.69. The third kappa shape index (κ3) is 3.23. The third-order valence-electron chi connectivity index (χ3n) is 4.27. The van der Waals surface area contributed by atoms with Crippen molar-refractivity contribution in [3.63, 3.8) is 0 Å². The second kappa shape index (κ2) is 6.72. The summed E-state index contributed by atoms with van der Waals surface area (Å²) in [7, 11) is 1.79. The van der Waals surface area contributed by atoms with Crippen LogP contribution < -0.4 is 0 Å². The van der Waals surface area contributed by atoms with Crippen molar-refractivity contribution in [3.8, 4) is 0 Å². The van der Waals surface area contributed by atoms with E-state index < -0.39 is 6.10 Å². The summed E-state index contributed by atoms with van der Waals surface area (Å²) in [6, 6.07) is 0. The topological polar surface area (TPSA) is 55.1 Å². The van der Waals surface area contributed by atoms with Gasteiger partial charge in [0.1, 0.15) is 6.10 Å². The normalized spacial score (nSPS) is 18.2. The first-order chi connectivity index (χ1) is 9.54. The first-order valence-corrected chi connectivity index (χ1v) is 7.83. The molecule has 1 aromatic rings. The molecule has 0 bridgehead atoms.